The molecule has 0 spiro atoms. The number of amides is 4. The van der Waals surface area contributed by atoms with Crippen LogP contribution in [0.25, 0.3) is 0 Å². The van der Waals surface area contributed by atoms with Crippen LogP contribution in [0.4, 0.5) is 5.69 Å². The van der Waals surface area contributed by atoms with Gasteiger partial charge in [-0.15, -0.1) is 0 Å². The summed E-state index contributed by atoms with van der Waals surface area (Å²) in [6, 6.07) is 14.4. The maximum Gasteiger partial charge on any atom is 0.261 e. The summed E-state index contributed by atoms with van der Waals surface area (Å²) in [5, 5.41) is 2.86. The quantitative estimate of drug-likeness (QED) is 0.602. The molecule has 0 bridgehead atoms. The van der Waals surface area contributed by atoms with Crippen molar-refractivity contribution in [2.75, 3.05) is 25.0 Å². The first-order valence-electron chi connectivity index (χ1n) is 11.3. The first-order valence-corrected chi connectivity index (χ1v) is 11.3. The zero-order valence-corrected chi connectivity index (χ0v) is 18.5. The molecule has 1 unspecified atom stereocenters. The lowest BCUT2D eigenvalue weighted by molar-refractivity contribution is -0.123. The minimum Gasteiger partial charge on any atom is -0.369 e. The second kappa shape index (κ2) is 9.95. The summed E-state index contributed by atoms with van der Waals surface area (Å²) in [5.41, 5.74) is 8.08. The molecule has 2 aliphatic rings. The molecule has 2 heterocycles. The summed E-state index contributed by atoms with van der Waals surface area (Å²) in [7, 11) is 0. The highest BCUT2D eigenvalue weighted by Crippen LogP contribution is 2.23. The summed E-state index contributed by atoms with van der Waals surface area (Å²) in [4.78, 5) is 52.0. The average molecular weight is 449 g/mol. The predicted octanol–water partition coefficient (Wildman–Crippen LogP) is 2.40. The Morgan fingerprint density at radius 3 is 2.30 bits per heavy atom. The lowest BCUT2D eigenvalue weighted by Gasteiger charge is -2.31. The van der Waals surface area contributed by atoms with E-state index in [0.717, 1.165) is 31.5 Å². The fourth-order valence-corrected chi connectivity index (χ4v) is 4.45. The van der Waals surface area contributed by atoms with Gasteiger partial charge in [-0.2, -0.15) is 0 Å². The fourth-order valence-electron chi connectivity index (χ4n) is 4.45. The number of piperidine rings is 1. The van der Waals surface area contributed by atoms with Crippen LogP contribution >= 0.6 is 0 Å². The largest absolute Gasteiger partial charge is 0.369 e. The van der Waals surface area contributed by atoms with E-state index in [2.05, 4.69) is 10.2 Å². The Bertz CT molecular complexity index is 1030. The maximum absolute atomic E-state index is 12.4. The van der Waals surface area contributed by atoms with Gasteiger partial charge in [0.05, 0.1) is 17.0 Å². The Morgan fingerprint density at radius 2 is 1.67 bits per heavy atom. The molecular formula is C25H28N4O4. The molecule has 1 saturated heterocycles. The normalized spacial score (nSPS) is 18.3. The van der Waals surface area contributed by atoms with Crippen molar-refractivity contribution in [3.05, 3.63) is 65.2 Å². The lowest BCUT2D eigenvalue weighted by atomic mass is 9.97. The van der Waals surface area contributed by atoms with Crippen LogP contribution in [0.1, 0.15) is 52.0 Å². The van der Waals surface area contributed by atoms with E-state index in [0.29, 0.717) is 29.8 Å². The van der Waals surface area contributed by atoms with E-state index in [1.165, 1.54) is 4.90 Å². The second-order valence-electron chi connectivity index (χ2n) is 8.63. The zero-order valence-electron chi connectivity index (χ0n) is 18.5. The van der Waals surface area contributed by atoms with Crippen molar-refractivity contribution in [3.8, 4) is 0 Å². The zero-order chi connectivity index (χ0) is 23.4. The molecular weight excluding hydrogens is 420 g/mol. The van der Waals surface area contributed by atoms with Crippen molar-refractivity contribution in [1.29, 1.82) is 0 Å². The van der Waals surface area contributed by atoms with Gasteiger partial charge in [0.1, 0.15) is 0 Å². The van der Waals surface area contributed by atoms with Gasteiger partial charge < -0.3 is 11.1 Å². The van der Waals surface area contributed by atoms with Crippen LogP contribution in [0.15, 0.2) is 48.5 Å². The number of primary amides is 1. The molecule has 33 heavy (non-hydrogen) atoms. The first-order chi connectivity index (χ1) is 15.9. The third-order valence-corrected chi connectivity index (χ3v) is 6.22. The van der Waals surface area contributed by atoms with Crippen LogP contribution < -0.4 is 11.1 Å². The topological polar surface area (TPSA) is 113 Å². The van der Waals surface area contributed by atoms with Crippen LogP contribution in [0.5, 0.6) is 0 Å². The number of imide groups is 1. The number of carbonyl (C=O) groups is 4. The monoisotopic (exact) mass is 448 g/mol. The summed E-state index contributed by atoms with van der Waals surface area (Å²) in [5.74, 6) is -1.09. The van der Waals surface area contributed by atoms with Crippen molar-refractivity contribution in [2.45, 2.75) is 32.2 Å². The summed E-state index contributed by atoms with van der Waals surface area (Å²) in [6.07, 6.45) is 2.41. The predicted molar refractivity (Wildman–Crippen MR) is 123 cm³/mol. The molecule has 0 aliphatic carbocycles. The van der Waals surface area contributed by atoms with E-state index in [4.69, 9.17) is 5.73 Å². The van der Waals surface area contributed by atoms with Gasteiger partial charge in [0.25, 0.3) is 11.8 Å². The van der Waals surface area contributed by atoms with Gasteiger partial charge in [-0.25, -0.2) is 0 Å². The van der Waals surface area contributed by atoms with Crippen LogP contribution in [0, 0.1) is 5.92 Å². The third-order valence-electron chi connectivity index (χ3n) is 6.22. The third kappa shape index (κ3) is 5.28. The van der Waals surface area contributed by atoms with Gasteiger partial charge >= 0.3 is 0 Å². The Hall–Kier alpha value is -3.52. The number of hydrogen-bond acceptors (Lipinski definition) is 5. The molecule has 4 amide bonds. The van der Waals surface area contributed by atoms with Crippen LogP contribution in [-0.4, -0.2) is 53.1 Å². The molecule has 1 atom stereocenters. The minimum absolute atomic E-state index is 0.0855. The summed E-state index contributed by atoms with van der Waals surface area (Å²) >= 11 is 0. The van der Waals surface area contributed by atoms with Gasteiger partial charge in [0.15, 0.2) is 0 Å². The van der Waals surface area contributed by atoms with Crippen LogP contribution in [-0.2, 0) is 16.1 Å². The number of nitrogens with zero attached hydrogens (tertiary/aromatic N) is 2. The lowest BCUT2D eigenvalue weighted by Crippen LogP contribution is -2.40. The summed E-state index contributed by atoms with van der Waals surface area (Å²) in [6.45, 7) is 2.56. The van der Waals surface area contributed by atoms with Gasteiger partial charge in [-0.3, -0.25) is 29.0 Å². The highest BCUT2D eigenvalue weighted by Gasteiger charge is 2.34. The highest BCUT2D eigenvalue weighted by molar-refractivity contribution is 6.21. The maximum atomic E-state index is 12.4. The molecule has 8 nitrogen and oxygen atoms in total. The van der Waals surface area contributed by atoms with Crippen LogP contribution in [0.2, 0.25) is 0 Å². The number of likely N-dealkylation sites (tertiary alicyclic amines) is 1. The Kier molecular flexibility index (Phi) is 6.84. The standard InChI is InChI=1S/C25H28N4O4/c26-23(31)18-5-3-13-28(16-18)15-17-9-11-19(12-10-17)27-22(30)8-4-14-29-24(32)20-6-1-2-7-21(20)25(29)33/h1-2,6-7,9-12,18H,3-5,8,13-16H2,(H2,26,31)(H,27,30). The van der Waals surface area contributed by atoms with E-state index >= 15 is 0 Å². The number of carbonyl (C=O) groups excluding carboxylic acids is 4. The van der Waals surface area contributed by atoms with Crippen LogP contribution in [0.3, 0.4) is 0 Å². The fraction of sp³-hybridized carbons (Fsp3) is 0.360. The SMILES string of the molecule is NC(=O)C1CCCN(Cc2ccc(NC(=O)CCCN3C(=O)c4ccccc4C3=O)cc2)C1. The van der Waals surface area contributed by atoms with Crippen molar-refractivity contribution in [3.63, 3.8) is 0 Å². The van der Waals surface area contributed by atoms with Crippen molar-refractivity contribution in [2.24, 2.45) is 11.7 Å². The summed E-state index contributed by atoms with van der Waals surface area (Å²) < 4.78 is 0. The molecule has 0 aromatic heterocycles. The minimum atomic E-state index is -0.303. The number of hydrogen-bond donors (Lipinski definition) is 2. The number of nitrogens with two attached hydrogens (primary N) is 1. The first kappa shape index (κ1) is 22.7. The van der Waals surface area contributed by atoms with Crippen molar-refractivity contribution < 1.29 is 19.2 Å². The van der Waals surface area contributed by atoms with Gasteiger partial charge in [0, 0.05) is 31.7 Å². The van der Waals surface area contributed by atoms with Gasteiger partial charge in [-0.1, -0.05) is 24.3 Å². The molecule has 2 aromatic carbocycles. The molecule has 0 radical (unpaired) electrons. The van der Waals surface area contributed by atoms with E-state index in [1.54, 1.807) is 24.3 Å². The van der Waals surface area contributed by atoms with E-state index in [9.17, 15) is 19.2 Å². The molecule has 172 valence electrons. The number of benzene rings is 2. The molecule has 4 rings (SSSR count). The molecule has 1 fully saturated rings. The van der Waals surface area contributed by atoms with E-state index < -0.39 is 0 Å². The number of rotatable bonds is 8. The average Bonchev–Trinajstić information content (AvgIpc) is 3.05. The Balaban J connectivity index is 1.22. The molecule has 8 heteroatoms. The second-order valence-corrected chi connectivity index (χ2v) is 8.63. The molecule has 2 aromatic rings. The number of anilines is 1. The molecule has 0 saturated carbocycles. The van der Waals surface area contributed by atoms with Gasteiger partial charge in [0.2, 0.25) is 11.8 Å². The highest BCUT2D eigenvalue weighted by atomic mass is 16.2. The molecule has 2 aliphatic heterocycles. The van der Waals surface area contributed by atoms with Crippen molar-refractivity contribution >= 4 is 29.3 Å². The van der Waals surface area contributed by atoms with Crippen molar-refractivity contribution in [1.82, 2.24) is 9.80 Å². The van der Waals surface area contributed by atoms with E-state index in [1.807, 2.05) is 24.3 Å². The molecule has 3 N–H and O–H groups in total. The Labute approximate surface area is 192 Å². The smallest absolute Gasteiger partial charge is 0.261 e. The van der Waals surface area contributed by atoms with Gasteiger partial charge in [-0.05, 0) is 55.6 Å². The number of fused-ring (bicyclic) bond motifs is 1. The number of nitrogens with one attached hydrogen (secondary N) is 1. The Morgan fingerprint density at radius 1 is 1.00 bits per heavy atom. The van der Waals surface area contributed by atoms with E-state index in [-0.39, 0.29) is 42.5 Å².